The van der Waals surface area contributed by atoms with Crippen molar-refractivity contribution < 1.29 is 4.79 Å². The average molecular weight is 276 g/mol. The molecule has 0 aromatic carbocycles. The zero-order valence-electron chi connectivity index (χ0n) is 12.4. The summed E-state index contributed by atoms with van der Waals surface area (Å²) in [6.07, 6.45) is 5.51. The summed E-state index contributed by atoms with van der Waals surface area (Å²) in [7, 11) is 2.18. The van der Waals surface area contributed by atoms with Crippen molar-refractivity contribution in [1.29, 1.82) is 0 Å². The van der Waals surface area contributed by atoms with Gasteiger partial charge in [0.25, 0.3) is 5.91 Å². The summed E-state index contributed by atoms with van der Waals surface area (Å²) in [6.45, 7) is 4.60. The fourth-order valence-corrected chi connectivity index (χ4v) is 2.55. The number of likely N-dealkylation sites (tertiary alicyclic amines) is 1. The molecule has 1 saturated heterocycles. The number of aromatic nitrogens is 1. The molecule has 1 fully saturated rings. The van der Waals surface area contributed by atoms with Crippen LogP contribution in [-0.4, -0.2) is 48.5 Å². The number of rotatable bonds is 5. The monoisotopic (exact) mass is 276 g/mol. The van der Waals surface area contributed by atoms with Crippen LogP contribution in [0.5, 0.6) is 0 Å². The topological polar surface area (TPSA) is 57.3 Å². The third-order valence-electron chi connectivity index (χ3n) is 3.79. The minimum absolute atomic E-state index is 0.120. The lowest BCUT2D eigenvalue weighted by Gasteiger charge is -2.32. The molecule has 0 bridgehead atoms. The summed E-state index contributed by atoms with van der Waals surface area (Å²) in [5.41, 5.74) is 1.43. The Morgan fingerprint density at radius 3 is 3.10 bits per heavy atom. The second-order valence-electron chi connectivity index (χ2n) is 5.30. The fraction of sp³-hybridized carbons (Fsp3) is 0.600. The lowest BCUT2D eigenvalue weighted by Crippen LogP contribution is -2.40. The van der Waals surface area contributed by atoms with Crippen LogP contribution in [0.25, 0.3) is 0 Å². The summed E-state index contributed by atoms with van der Waals surface area (Å²) in [4.78, 5) is 18.3. The SMILES string of the molecule is CCNC(=O)c1cc(NCC2CCCCN2C)ccn1. The van der Waals surface area contributed by atoms with Gasteiger partial charge in [-0.2, -0.15) is 0 Å². The van der Waals surface area contributed by atoms with E-state index in [4.69, 9.17) is 0 Å². The van der Waals surface area contributed by atoms with Crippen molar-refractivity contribution in [3.63, 3.8) is 0 Å². The molecule has 0 saturated carbocycles. The number of nitrogens with zero attached hydrogens (tertiary/aromatic N) is 2. The Morgan fingerprint density at radius 2 is 2.35 bits per heavy atom. The van der Waals surface area contributed by atoms with Gasteiger partial charge in [-0.1, -0.05) is 6.42 Å². The first-order chi connectivity index (χ1) is 9.70. The van der Waals surface area contributed by atoms with Crippen molar-refractivity contribution in [1.82, 2.24) is 15.2 Å². The van der Waals surface area contributed by atoms with E-state index in [-0.39, 0.29) is 5.91 Å². The van der Waals surface area contributed by atoms with Crippen molar-refractivity contribution in [2.75, 3.05) is 32.0 Å². The molecule has 1 unspecified atom stereocenters. The highest BCUT2D eigenvalue weighted by Gasteiger charge is 2.18. The summed E-state index contributed by atoms with van der Waals surface area (Å²) >= 11 is 0. The van der Waals surface area contributed by atoms with E-state index in [1.165, 1.54) is 25.8 Å². The number of hydrogen-bond donors (Lipinski definition) is 2. The maximum Gasteiger partial charge on any atom is 0.269 e. The molecule has 5 nitrogen and oxygen atoms in total. The van der Waals surface area contributed by atoms with Crippen molar-refractivity contribution in [2.45, 2.75) is 32.2 Å². The number of likely N-dealkylation sites (N-methyl/N-ethyl adjacent to an activating group) is 1. The van der Waals surface area contributed by atoms with Gasteiger partial charge in [-0.05, 0) is 45.5 Å². The number of anilines is 1. The van der Waals surface area contributed by atoms with E-state index in [9.17, 15) is 4.79 Å². The van der Waals surface area contributed by atoms with Gasteiger partial charge < -0.3 is 15.5 Å². The first kappa shape index (κ1) is 14.8. The fourth-order valence-electron chi connectivity index (χ4n) is 2.55. The number of nitrogens with one attached hydrogen (secondary N) is 2. The molecular formula is C15H24N4O. The molecule has 1 aromatic heterocycles. The average Bonchev–Trinajstić information content (AvgIpc) is 2.47. The summed E-state index contributed by atoms with van der Waals surface area (Å²) in [5, 5.41) is 6.18. The Morgan fingerprint density at radius 1 is 1.50 bits per heavy atom. The highest BCUT2D eigenvalue weighted by molar-refractivity contribution is 5.93. The molecule has 1 aromatic rings. The van der Waals surface area contributed by atoms with E-state index in [2.05, 4.69) is 27.6 Å². The van der Waals surface area contributed by atoms with Gasteiger partial charge in [0.15, 0.2) is 0 Å². The molecule has 2 rings (SSSR count). The van der Waals surface area contributed by atoms with Gasteiger partial charge in [-0.15, -0.1) is 0 Å². The van der Waals surface area contributed by atoms with Gasteiger partial charge in [0.05, 0.1) is 0 Å². The smallest absolute Gasteiger partial charge is 0.269 e. The van der Waals surface area contributed by atoms with E-state index < -0.39 is 0 Å². The van der Waals surface area contributed by atoms with E-state index >= 15 is 0 Å². The number of hydrogen-bond acceptors (Lipinski definition) is 4. The van der Waals surface area contributed by atoms with Crippen LogP contribution in [0.2, 0.25) is 0 Å². The van der Waals surface area contributed by atoms with Crippen LogP contribution in [0.3, 0.4) is 0 Å². The minimum Gasteiger partial charge on any atom is -0.383 e. The molecule has 5 heteroatoms. The molecule has 1 aliphatic heterocycles. The van der Waals surface area contributed by atoms with Crippen molar-refractivity contribution in [3.05, 3.63) is 24.0 Å². The highest BCUT2D eigenvalue weighted by atomic mass is 16.1. The highest BCUT2D eigenvalue weighted by Crippen LogP contribution is 2.16. The van der Waals surface area contributed by atoms with Crippen molar-refractivity contribution >= 4 is 11.6 Å². The lowest BCUT2D eigenvalue weighted by molar-refractivity contribution is 0.0951. The summed E-state index contributed by atoms with van der Waals surface area (Å²) < 4.78 is 0. The van der Waals surface area contributed by atoms with Crippen molar-refractivity contribution in [3.8, 4) is 0 Å². The molecule has 1 aliphatic rings. The van der Waals surface area contributed by atoms with Crippen LogP contribution >= 0.6 is 0 Å². The molecule has 110 valence electrons. The second-order valence-corrected chi connectivity index (χ2v) is 5.30. The number of carbonyl (C=O) groups is 1. The quantitative estimate of drug-likeness (QED) is 0.860. The first-order valence-electron chi connectivity index (χ1n) is 7.39. The molecule has 2 N–H and O–H groups in total. The molecular weight excluding hydrogens is 252 g/mol. The first-order valence-corrected chi connectivity index (χ1v) is 7.39. The summed E-state index contributed by atoms with van der Waals surface area (Å²) in [5.74, 6) is -0.120. The zero-order valence-corrected chi connectivity index (χ0v) is 12.4. The van der Waals surface area contributed by atoms with Crippen LogP contribution in [0, 0.1) is 0 Å². The van der Waals surface area contributed by atoms with E-state index in [1.54, 1.807) is 6.20 Å². The van der Waals surface area contributed by atoms with E-state index in [0.717, 1.165) is 12.2 Å². The molecule has 0 radical (unpaired) electrons. The van der Waals surface area contributed by atoms with Crippen LogP contribution < -0.4 is 10.6 Å². The molecule has 1 atom stereocenters. The normalized spacial score (nSPS) is 19.6. The predicted molar refractivity (Wildman–Crippen MR) is 81.0 cm³/mol. The van der Waals surface area contributed by atoms with Crippen LogP contribution in [0.4, 0.5) is 5.69 Å². The molecule has 0 spiro atoms. The van der Waals surface area contributed by atoms with Gasteiger partial charge in [0, 0.05) is 31.0 Å². The molecule has 20 heavy (non-hydrogen) atoms. The molecule has 1 amide bonds. The lowest BCUT2D eigenvalue weighted by atomic mass is 10.0. The Labute approximate surface area is 120 Å². The number of carbonyl (C=O) groups excluding carboxylic acids is 1. The Kier molecular flexibility index (Phi) is 5.35. The number of piperidine rings is 1. The zero-order chi connectivity index (χ0) is 14.4. The standard InChI is InChI=1S/C15H24N4O/c1-3-16-15(20)14-10-12(7-8-17-14)18-11-13-6-4-5-9-19(13)2/h7-8,10,13H,3-6,9,11H2,1-2H3,(H,16,20)(H,17,18). The Balaban J connectivity index is 1.92. The van der Waals surface area contributed by atoms with Gasteiger partial charge in [-0.25, -0.2) is 0 Å². The van der Waals surface area contributed by atoms with E-state index in [0.29, 0.717) is 18.3 Å². The van der Waals surface area contributed by atoms with Gasteiger partial charge in [0.1, 0.15) is 5.69 Å². The van der Waals surface area contributed by atoms with Gasteiger partial charge >= 0.3 is 0 Å². The third kappa shape index (κ3) is 3.93. The Bertz CT molecular complexity index is 449. The van der Waals surface area contributed by atoms with Crippen LogP contribution in [0.1, 0.15) is 36.7 Å². The van der Waals surface area contributed by atoms with Crippen molar-refractivity contribution in [2.24, 2.45) is 0 Å². The molecule has 2 heterocycles. The second kappa shape index (κ2) is 7.24. The maximum atomic E-state index is 11.7. The molecule has 0 aliphatic carbocycles. The van der Waals surface area contributed by atoms with Crippen LogP contribution in [-0.2, 0) is 0 Å². The van der Waals surface area contributed by atoms with Gasteiger partial charge in [-0.3, -0.25) is 9.78 Å². The Hall–Kier alpha value is -1.62. The minimum atomic E-state index is -0.120. The van der Waals surface area contributed by atoms with Gasteiger partial charge in [0.2, 0.25) is 0 Å². The number of amides is 1. The van der Waals surface area contributed by atoms with E-state index in [1.807, 2.05) is 19.1 Å². The maximum absolute atomic E-state index is 11.7. The summed E-state index contributed by atoms with van der Waals surface area (Å²) in [6, 6.07) is 4.30. The third-order valence-corrected chi connectivity index (χ3v) is 3.79. The predicted octanol–water partition coefficient (Wildman–Crippen LogP) is 1.73. The van der Waals surface area contributed by atoms with Crippen LogP contribution in [0.15, 0.2) is 18.3 Å². The number of pyridine rings is 1. The largest absolute Gasteiger partial charge is 0.383 e.